The van der Waals surface area contributed by atoms with Gasteiger partial charge in [0, 0.05) is 24.0 Å². The molecule has 1 aromatic heterocycles. The number of benzene rings is 1. The number of nitrogens with one attached hydrogen (secondary N) is 2. The summed E-state index contributed by atoms with van der Waals surface area (Å²) in [4.78, 5) is 32.4. The third-order valence-electron chi connectivity index (χ3n) is 5.46. The fourth-order valence-corrected chi connectivity index (χ4v) is 4.45. The van der Waals surface area contributed by atoms with Crippen LogP contribution in [0.5, 0.6) is 0 Å². The average Bonchev–Trinajstić information content (AvgIpc) is 3.12. The highest BCUT2D eigenvalue weighted by Crippen LogP contribution is 2.21. The van der Waals surface area contributed by atoms with Gasteiger partial charge in [-0.1, -0.05) is 38.5 Å². The van der Waals surface area contributed by atoms with Crippen LogP contribution in [0.2, 0.25) is 0 Å². The van der Waals surface area contributed by atoms with E-state index < -0.39 is 6.04 Å². The Labute approximate surface area is 183 Å². The lowest BCUT2D eigenvalue weighted by molar-refractivity contribution is -0.118. The molecule has 162 valence electrons. The highest BCUT2D eigenvalue weighted by molar-refractivity contribution is 7.13. The van der Waals surface area contributed by atoms with Crippen molar-refractivity contribution in [2.45, 2.75) is 53.1 Å². The van der Waals surface area contributed by atoms with Crippen LogP contribution in [-0.4, -0.2) is 40.8 Å². The molecule has 2 amide bonds. The zero-order valence-corrected chi connectivity index (χ0v) is 19.1. The molecule has 1 aromatic carbocycles. The van der Waals surface area contributed by atoms with Crippen molar-refractivity contribution in [1.82, 2.24) is 15.2 Å². The van der Waals surface area contributed by atoms with E-state index >= 15 is 0 Å². The van der Waals surface area contributed by atoms with Crippen molar-refractivity contribution in [2.75, 3.05) is 18.4 Å². The molecule has 0 radical (unpaired) electrons. The Morgan fingerprint density at radius 1 is 1.27 bits per heavy atom. The third kappa shape index (κ3) is 6.12. The molecule has 0 aliphatic carbocycles. The number of piperidine rings is 1. The van der Waals surface area contributed by atoms with Gasteiger partial charge in [-0.15, -0.1) is 11.3 Å². The van der Waals surface area contributed by atoms with E-state index in [0.717, 1.165) is 36.8 Å². The minimum Gasteiger partial charge on any atom is -0.340 e. The Bertz CT molecular complexity index is 862. The van der Waals surface area contributed by atoms with Gasteiger partial charge in [-0.05, 0) is 50.3 Å². The van der Waals surface area contributed by atoms with E-state index in [4.69, 9.17) is 0 Å². The molecule has 1 fully saturated rings. The van der Waals surface area contributed by atoms with Crippen molar-refractivity contribution in [3.8, 4) is 0 Å². The van der Waals surface area contributed by atoms with Crippen LogP contribution in [0.25, 0.3) is 0 Å². The molecule has 1 unspecified atom stereocenters. The smallest absolute Gasteiger partial charge is 0.251 e. The lowest BCUT2D eigenvalue weighted by Gasteiger charge is -2.30. The molecule has 2 atom stereocenters. The number of rotatable bonds is 7. The number of amides is 2. The van der Waals surface area contributed by atoms with Crippen molar-refractivity contribution >= 4 is 28.3 Å². The third-order valence-corrected chi connectivity index (χ3v) is 6.26. The first-order valence-corrected chi connectivity index (χ1v) is 11.5. The molecular weight excluding hydrogens is 396 g/mol. The van der Waals surface area contributed by atoms with Gasteiger partial charge >= 0.3 is 0 Å². The number of carbonyl (C=O) groups excluding carboxylic acids is 2. The summed E-state index contributed by atoms with van der Waals surface area (Å²) >= 11 is 1.43. The second kappa shape index (κ2) is 10.2. The van der Waals surface area contributed by atoms with Crippen molar-refractivity contribution in [3.05, 3.63) is 46.5 Å². The molecule has 3 rings (SSSR count). The first-order valence-electron chi connectivity index (χ1n) is 10.7. The monoisotopic (exact) mass is 428 g/mol. The van der Waals surface area contributed by atoms with Crippen molar-refractivity contribution in [1.29, 1.82) is 0 Å². The van der Waals surface area contributed by atoms with Crippen LogP contribution >= 0.6 is 11.3 Å². The van der Waals surface area contributed by atoms with Gasteiger partial charge in [0.2, 0.25) is 5.91 Å². The summed E-state index contributed by atoms with van der Waals surface area (Å²) in [5, 5.41) is 8.34. The average molecular weight is 429 g/mol. The van der Waals surface area contributed by atoms with Crippen molar-refractivity contribution < 1.29 is 9.59 Å². The molecule has 1 saturated heterocycles. The lowest BCUT2D eigenvalue weighted by Crippen LogP contribution is -2.47. The topological polar surface area (TPSA) is 74.3 Å². The molecule has 6 nitrogen and oxygen atoms in total. The van der Waals surface area contributed by atoms with Crippen LogP contribution in [0.3, 0.4) is 0 Å². The number of anilines is 1. The number of aryl methyl sites for hydroxylation is 1. The van der Waals surface area contributed by atoms with Crippen LogP contribution in [0.15, 0.2) is 29.6 Å². The number of likely N-dealkylation sites (tertiary alicyclic amines) is 1. The van der Waals surface area contributed by atoms with Crippen LogP contribution < -0.4 is 10.6 Å². The first kappa shape index (κ1) is 22.4. The van der Waals surface area contributed by atoms with Crippen molar-refractivity contribution in [2.24, 2.45) is 11.8 Å². The number of hydrogen-bond donors (Lipinski definition) is 2. The Kier molecular flexibility index (Phi) is 7.61. The molecule has 30 heavy (non-hydrogen) atoms. The predicted octanol–water partition coefficient (Wildman–Crippen LogP) is 4.08. The van der Waals surface area contributed by atoms with Gasteiger partial charge in [-0.3, -0.25) is 14.5 Å². The summed E-state index contributed by atoms with van der Waals surface area (Å²) < 4.78 is 0. The molecule has 0 saturated carbocycles. The van der Waals surface area contributed by atoms with Crippen LogP contribution in [-0.2, 0) is 11.3 Å². The normalized spacial score (nSPS) is 18.2. The second-order valence-corrected chi connectivity index (χ2v) is 9.54. The van der Waals surface area contributed by atoms with Crippen LogP contribution in [0, 0.1) is 18.8 Å². The van der Waals surface area contributed by atoms with Gasteiger partial charge in [0.05, 0.1) is 5.69 Å². The first-order chi connectivity index (χ1) is 14.3. The Balaban J connectivity index is 1.59. The molecule has 2 aromatic rings. The molecule has 2 N–H and O–H groups in total. The predicted molar refractivity (Wildman–Crippen MR) is 122 cm³/mol. The Hall–Kier alpha value is -2.25. The zero-order valence-electron chi connectivity index (χ0n) is 18.3. The summed E-state index contributed by atoms with van der Waals surface area (Å²) in [5.41, 5.74) is 2.61. The summed E-state index contributed by atoms with van der Waals surface area (Å²) in [6.45, 7) is 11.1. The Morgan fingerprint density at radius 3 is 2.67 bits per heavy atom. The summed E-state index contributed by atoms with van der Waals surface area (Å²) in [6.07, 6.45) is 2.52. The van der Waals surface area contributed by atoms with Gasteiger partial charge in [0.25, 0.3) is 5.91 Å². The maximum atomic E-state index is 12.8. The zero-order chi connectivity index (χ0) is 21.7. The molecule has 0 bridgehead atoms. The van der Waals surface area contributed by atoms with E-state index in [9.17, 15) is 9.59 Å². The fourth-order valence-electron chi connectivity index (χ4n) is 3.74. The summed E-state index contributed by atoms with van der Waals surface area (Å²) in [6, 6.07) is 6.69. The maximum absolute atomic E-state index is 12.8. The molecule has 0 spiro atoms. The van der Waals surface area contributed by atoms with Gasteiger partial charge in [-0.2, -0.15) is 0 Å². The molecule has 7 heteroatoms. The number of carbonyl (C=O) groups is 2. The number of hydrogen-bond acceptors (Lipinski definition) is 5. The highest BCUT2D eigenvalue weighted by atomic mass is 32.1. The van der Waals surface area contributed by atoms with Gasteiger partial charge in [0.1, 0.15) is 6.04 Å². The van der Waals surface area contributed by atoms with Crippen molar-refractivity contribution in [3.63, 3.8) is 0 Å². The van der Waals surface area contributed by atoms with E-state index in [1.807, 2.05) is 38.3 Å². The number of aromatic nitrogens is 1. The van der Waals surface area contributed by atoms with E-state index in [1.54, 1.807) is 12.1 Å². The fraction of sp³-hybridized carbons (Fsp3) is 0.522. The second-order valence-electron chi connectivity index (χ2n) is 8.68. The van der Waals surface area contributed by atoms with E-state index in [0.29, 0.717) is 10.7 Å². The van der Waals surface area contributed by atoms with E-state index in [-0.39, 0.29) is 17.7 Å². The molecule has 1 aliphatic rings. The summed E-state index contributed by atoms with van der Waals surface area (Å²) in [7, 11) is 0. The van der Waals surface area contributed by atoms with E-state index in [1.165, 1.54) is 24.2 Å². The van der Waals surface area contributed by atoms with Crippen LogP contribution in [0.1, 0.15) is 55.2 Å². The highest BCUT2D eigenvalue weighted by Gasteiger charge is 2.26. The Morgan fingerprint density at radius 2 is 2.00 bits per heavy atom. The quantitative estimate of drug-likeness (QED) is 0.697. The minimum atomic E-state index is -0.630. The molecule has 2 heterocycles. The molecule has 1 aliphatic heterocycles. The standard InChI is InChI=1S/C23H32N4O2S/c1-15(2)20(25-21(28)18-9-7-16(3)8-10-18)22(29)26-23-24-19(14-30-23)13-27-11-5-6-17(4)12-27/h7-10,14-15,17,20H,5-6,11-13H2,1-4H3,(H,25,28)(H,24,26,29)/t17?,20-/m0/s1. The minimum absolute atomic E-state index is 0.0475. The maximum Gasteiger partial charge on any atom is 0.251 e. The number of nitrogens with zero attached hydrogens (tertiary/aromatic N) is 2. The van der Waals surface area contributed by atoms with Crippen LogP contribution in [0.4, 0.5) is 5.13 Å². The van der Waals surface area contributed by atoms with E-state index in [2.05, 4.69) is 27.4 Å². The molecular formula is C23H32N4O2S. The van der Waals surface area contributed by atoms with Gasteiger partial charge < -0.3 is 10.6 Å². The number of thiazole rings is 1. The lowest BCUT2D eigenvalue weighted by atomic mass is 10.0. The summed E-state index contributed by atoms with van der Waals surface area (Å²) in [5.74, 6) is 0.190. The van der Waals surface area contributed by atoms with Gasteiger partial charge in [-0.25, -0.2) is 4.98 Å². The largest absolute Gasteiger partial charge is 0.340 e. The SMILES string of the molecule is Cc1ccc(C(=O)N[C@H](C(=O)Nc2nc(CN3CCCC(C)C3)cs2)C(C)C)cc1. The van der Waals surface area contributed by atoms with Gasteiger partial charge in [0.15, 0.2) is 5.13 Å².